The minimum absolute atomic E-state index is 0.557. The number of alkyl halides is 1. The van der Waals surface area contributed by atoms with Crippen molar-refractivity contribution in [3.8, 4) is 0 Å². The molecule has 1 aromatic heterocycles. The molecule has 4 heteroatoms. The van der Waals surface area contributed by atoms with Gasteiger partial charge in [-0.05, 0) is 18.4 Å². The molecule has 13 heavy (non-hydrogen) atoms. The van der Waals surface area contributed by atoms with Gasteiger partial charge in [0.15, 0.2) is 0 Å². The van der Waals surface area contributed by atoms with Crippen LogP contribution in [0.5, 0.6) is 0 Å². The van der Waals surface area contributed by atoms with Crippen LogP contribution < -0.4 is 5.32 Å². The number of hydrogen-bond donors (Lipinski definition) is 1. The van der Waals surface area contributed by atoms with E-state index in [1.807, 2.05) is 0 Å². The summed E-state index contributed by atoms with van der Waals surface area (Å²) in [6, 6.07) is 1.80. The molecule has 0 aliphatic heterocycles. The molecule has 0 aliphatic rings. The van der Waals surface area contributed by atoms with Crippen LogP contribution in [-0.4, -0.2) is 22.4 Å². The molecule has 1 N–H and O–H groups in total. The third kappa shape index (κ3) is 4.08. The molecule has 0 spiro atoms. The van der Waals surface area contributed by atoms with Crippen molar-refractivity contribution in [2.24, 2.45) is 5.92 Å². The molecule has 0 aromatic carbocycles. The predicted octanol–water partition coefficient (Wildman–Crippen LogP) is 2.15. The van der Waals surface area contributed by atoms with Crippen molar-refractivity contribution in [1.29, 1.82) is 0 Å². The van der Waals surface area contributed by atoms with Crippen molar-refractivity contribution < 1.29 is 0 Å². The fourth-order valence-electron chi connectivity index (χ4n) is 0.944. The highest BCUT2D eigenvalue weighted by molar-refractivity contribution is 6.17. The van der Waals surface area contributed by atoms with E-state index in [4.69, 9.17) is 11.6 Å². The second-order valence-corrected chi connectivity index (χ2v) is 3.41. The molecule has 1 unspecified atom stereocenters. The number of halogens is 1. The van der Waals surface area contributed by atoms with Crippen molar-refractivity contribution in [3.05, 3.63) is 18.5 Å². The van der Waals surface area contributed by atoms with Gasteiger partial charge in [0, 0.05) is 24.8 Å². The maximum Gasteiger partial charge on any atom is 0.222 e. The van der Waals surface area contributed by atoms with E-state index < -0.39 is 0 Å². The average Bonchev–Trinajstić information content (AvgIpc) is 2.17. The maximum atomic E-state index is 5.62. The summed E-state index contributed by atoms with van der Waals surface area (Å²) in [5.41, 5.74) is 0. The van der Waals surface area contributed by atoms with Crippen molar-refractivity contribution in [2.75, 3.05) is 17.7 Å². The third-order valence-corrected chi connectivity index (χ3v) is 1.99. The standard InChI is InChI=1S/C9H14ClN3/c1-8(3-4-10)7-13-9-11-5-2-6-12-9/h2,5-6,8H,3-4,7H2,1H3,(H,11,12,13). The molecule has 3 nitrogen and oxygen atoms in total. The Morgan fingerprint density at radius 3 is 2.77 bits per heavy atom. The van der Waals surface area contributed by atoms with Crippen LogP contribution in [0.25, 0.3) is 0 Å². The molecule has 0 amide bonds. The fraction of sp³-hybridized carbons (Fsp3) is 0.556. The Kier molecular flexibility index (Phi) is 4.54. The van der Waals surface area contributed by atoms with Crippen LogP contribution in [0, 0.1) is 5.92 Å². The molecule has 72 valence electrons. The molecule has 1 rings (SSSR count). The van der Waals surface area contributed by atoms with Gasteiger partial charge in [0.2, 0.25) is 5.95 Å². The summed E-state index contributed by atoms with van der Waals surface area (Å²) in [7, 11) is 0. The monoisotopic (exact) mass is 199 g/mol. The lowest BCUT2D eigenvalue weighted by Gasteiger charge is -2.09. The number of rotatable bonds is 5. The van der Waals surface area contributed by atoms with Gasteiger partial charge in [-0.3, -0.25) is 0 Å². The first-order valence-electron chi connectivity index (χ1n) is 4.39. The van der Waals surface area contributed by atoms with E-state index in [1.54, 1.807) is 18.5 Å². The molecular weight excluding hydrogens is 186 g/mol. The first-order valence-corrected chi connectivity index (χ1v) is 4.93. The summed E-state index contributed by atoms with van der Waals surface area (Å²) in [5, 5.41) is 3.15. The van der Waals surface area contributed by atoms with Crippen molar-refractivity contribution >= 4 is 17.5 Å². The lowest BCUT2D eigenvalue weighted by atomic mass is 10.1. The van der Waals surface area contributed by atoms with Crippen LogP contribution >= 0.6 is 11.6 Å². The van der Waals surface area contributed by atoms with Crippen molar-refractivity contribution in [1.82, 2.24) is 9.97 Å². The smallest absolute Gasteiger partial charge is 0.222 e. The highest BCUT2D eigenvalue weighted by Gasteiger charge is 2.01. The predicted molar refractivity (Wildman–Crippen MR) is 55.0 cm³/mol. The third-order valence-electron chi connectivity index (χ3n) is 1.78. The van der Waals surface area contributed by atoms with Gasteiger partial charge in [-0.25, -0.2) is 9.97 Å². The maximum absolute atomic E-state index is 5.62. The van der Waals surface area contributed by atoms with E-state index in [-0.39, 0.29) is 0 Å². The Morgan fingerprint density at radius 1 is 1.46 bits per heavy atom. The Labute approximate surface area is 83.5 Å². The van der Waals surface area contributed by atoms with E-state index in [9.17, 15) is 0 Å². The molecule has 0 fully saturated rings. The van der Waals surface area contributed by atoms with E-state index in [2.05, 4.69) is 22.2 Å². The minimum Gasteiger partial charge on any atom is -0.354 e. The van der Waals surface area contributed by atoms with Gasteiger partial charge in [-0.15, -0.1) is 11.6 Å². The SMILES string of the molecule is CC(CCCl)CNc1ncccn1. The molecule has 0 saturated heterocycles. The topological polar surface area (TPSA) is 37.8 Å². The number of aromatic nitrogens is 2. The van der Waals surface area contributed by atoms with Gasteiger partial charge in [0.1, 0.15) is 0 Å². The van der Waals surface area contributed by atoms with Crippen LogP contribution in [0.4, 0.5) is 5.95 Å². The summed E-state index contributed by atoms with van der Waals surface area (Å²) in [5.74, 6) is 1.95. The lowest BCUT2D eigenvalue weighted by Crippen LogP contribution is -2.13. The summed E-state index contributed by atoms with van der Waals surface area (Å²) in [6.45, 7) is 3.02. The molecule has 0 radical (unpaired) electrons. The van der Waals surface area contributed by atoms with Gasteiger partial charge in [0.25, 0.3) is 0 Å². The Hall–Kier alpha value is -0.830. The number of hydrogen-bond acceptors (Lipinski definition) is 3. The van der Waals surface area contributed by atoms with Gasteiger partial charge in [-0.2, -0.15) is 0 Å². The van der Waals surface area contributed by atoms with Gasteiger partial charge >= 0.3 is 0 Å². The average molecular weight is 200 g/mol. The van der Waals surface area contributed by atoms with Crippen LogP contribution in [0.3, 0.4) is 0 Å². The first-order chi connectivity index (χ1) is 6.33. The van der Waals surface area contributed by atoms with E-state index in [1.165, 1.54) is 0 Å². The highest BCUT2D eigenvalue weighted by atomic mass is 35.5. The molecule has 1 aromatic rings. The molecule has 0 aliphatic carbocycles. The van der Waals surface area contributed by atoms with Gasteiger partial charge in [-0.1, -0.05) is 6.92 Å². The highest BCUT2D eigenvalue weighted by Crippen LogP contribution is 2.04. The van der Waals surface area contributed by atoms with E-state index >= 15 is 0 Å². The normalized spacial score (nSPS) is 12.5. The van der Waals surface area contributed by atoms with Gasteiger partial charge in [0.05, 0.1) is 0 Å². The second-order valence-electron chi connectivity index (χ2n) is 3.04. The Morgan fingerprint density at radius 2 is 2.15 bits per heavy atom. The molecule has 0 bridgehead atoms. The van der Waals surface area contributed by atoms with Crippen LogP contribution in [0.2, 0.25) is 0 Å². The Balaban J connectivity index is 2.27. The second kappa shape index (κ2) is 5.75. The zero-order valence-electron chi connectivity index (χ0n) is 7.70. The molecule has 1 heterocycles. The lowest BCUT2D eigenvalue weighted by molar-refractivity contribution is 0.594. The molecule has 0 saturated carbocycles. The van der Waals surface area contributed by atoms with Gasteiger partial charge < -0.3 is 5.32 Å². The number of nitrogens with zero attached hydrogens (tertiary/aromatic N) is 2. The van der Waals surface area contributed by atoms with Crippen LogP contribution in [0.1, 0.15) is 13.3 Å². The van der Waals surface area contributed by atoms with Crippen molar-refractivity contribution in [3.63, 3.8) is 0 Å². The van der Waals surface area contributed by atoms with E-state index in [0.717, 1.165) is 13.0 Å². The van der Waals surface area contributed by atoms with Crippen LogP contribution in [0.15, 0.2) is 18.5 Å². The number of anilines is 1. The number of nitrogens with one attached hydrogen (secondary N) is 1. The zero-order valence-corrected chi connectivity index (χ0v) is 8.46. The fourth-order valence-corrected chi connectivity index (χ4v) is 1.32. The van der Waals surface area contributed by atoms with Crippen LogP contribution in [-0.2, 0) is 0 Å². The summed E-state index contributed by atoms with van der Waals surface area (Å²) >= 11 is 5.62. The summed E-state index contributed by atoms with van der Waals surface area (Å²) in [4.78, 5) is 8.11. The zero-order chi connectivity index (χ0) is 9.52. The molecular formula is C9H14ClN3. The Bertz CT molecular complexity index is 228. The summed E-state index contributed by atoms with van der Waals surface area (Å²) in [6.07, 6.45) is 4.46. The largest absolute Gasteiger partial charge is 0.354 e. The van der Waals surface area contributed by atoms with Crippen molar-refractivity contribution in [2.45, 2.75) is 13.3 Å². The quantitative estimate of drug-likeness (QED) is 0.739. The minimum atomic E-state index is 0.557. The first kappa shape index (κ1) is 10.3. The summed E-state index contributed by atoms with van der Waals surface area (Å²) < 4.78 is 0. The van der Waals surface area contributed by atoms with E-state index in [0.29, 0.717) is 17.7 Å². The molecule has 1 atom stereocenters.